The summed E-state index contributed by atoms with van der Waals surface area (Å²) >= 11 is 2.87. The number of thiophene rings is 1. The first-order valence-corrected chi connectivity index (χ1v) is 7.46. The van der Waals surface area contributed by atoms with Crippen molar-refractivity contribution in [2.24, 2.45) is 0 Å². The van der Waals surface area contributed by atoms with Crippen LogP contribution in [0, 0.1) is 20.8 Å². The zero-order valence-electron chi connectivity index (χ0n) is 10.6. The van der Waals surface area contributed by atoms with Crippen LogP contribution in [0.2, 0.25) is 0 Å². The number of ketones is 1. The minimum absolute atomic E-state index is 0.134. The number of aryl methyl sites for hydroxylation is 2. The number of nitrogens with zero attached hydrogens (tertiary/aromatic N) is 2. The van der Waals surface area contributed by atoms with Crippen molar-refractivity contribution in [2.75, 3.05) is 5.75 Å². The van der Waals surface area contributed by atoms with Gasteiger partial charge >= 0.3 is 0 Å². The van der Waals surface area contributed by atoms with E-state index in [-0.39, 0.29) is 5.78 Å². The molecular weight excluding hydrogens is 264 g/mol. The number of aromatic nitrogens is 2. The molecular formula is C13H14N2OS2. The predicted octanol–water partition coefficient (Wildman–Crippen LogP) is 3.44. The van der Waals surface area contributed by atoms with Gasteiger partial charge in [0.05, 0.1) is 10.6 Å². The van der Waals surface area contributed by atoms with Gasteiger partial charge in [-0.25, -0.2) is 9.97 Å². The molecule has 0 unspecified atom stereocenters. The van der Waals surface area contributed by atoms with Gasteiger partial charge in [0.2, 0.25) is 0 Å². The number of thioether (sulfide) groups is 1. The minimum atomic E-state index is 0.134. The lowest BCUT2D eigenvalue weighted by Gasteiger charge is -2.05. The highest BCUT2D eigenvalue weighted by molar-refractivity contribution is 7.99. The Hall–Kier alpha value is -1.20. The lowest BCUT2D eigenvalue weighted by Crippen LogP contribution is -2.03. The van der Waals surface area contributed by atoms with Gasteiger partial charge in [-0.1, -0.05) is 17.8 Å². The maximum Gasteiger partial charge on any atom is 0.188 e. The highest BCUT2D eigenvalue weighted by atomic mass is 32.2. The Kier molecular flexibility index (Phi) is 4.14. The second-order valence-corrected chi connectivity index (χ2v) is 5.88. The molecule has 2 aromatic heterocycles. The third kappa shape index (κ3) is 2.97. The van der Waals surface area contributed by atoms with Crippen molar-refractivity contribution in [3.63, 3.8) is 0 Å². The van der Waals surface area contributed by atoms with Crippen LogP contribution in [0.3, 0.4) is 0 Å². The van der Waals surface area contributed by atoms with Crippen LogP contribution in [0.15, 0.2) is 22.7 Å². The number of carbonyl (C=O) groups is 1. The Morgan fingerprint density at radius 2 is 1.94 bits per heavy atom. The first-order chi connectivity index (χ1) is 8.58. The molecule has 0 radical (unpaired) electrons. The van der Waals surface area contributed by atoms with Gasteiger partial charge in [-0.2, -0.15) is 0 Å². The van der Waals surface area contributed by atoms with E-state index in [2.05, 4.69) is 9.97 Å². The predicted molar refractivity (Wildman–Crippen MR) is 75.6 cm³/mol. The molecule has 0 aliphatic carbocycles. The van der Waals surface area contributed by atoms with Crippen LogP contribution in [0.25, 0.3) is 0 Å². The van der Waals surface area contributed by atoms with E-state index in [1.54, 1.807) is 0 Å². The van der Waals surface area contributed by atoms with Crippen LogP contribution < -0.4 is 0 Å². The van der Waals surface area contributed by atoms with Gasteiger partial charge in [0, 0.05) is 11.4 Å². The molecule has 18 heavy (non-hydrogen) atoms. The molecule has 94 valence electrons. The largest absolute Gasteiger partial charge is 0.292 e. The molecule has 0 spiro atoms. The normalized spacial score (nSPS) is 10.6. The Morgan fingerprint density at radius 1 is 1.28 bits per heavy atom. The highest BCUT2D eigenvalue weighted by Gasteiger charge is 2.10. The molecule has 2 heterocycles. The van der Waals surface area contributed by atoms with Gasteiger partial charge in [0.25, 0.3) is 0 Å². The Balaban J connectivity index is 2.05. The van der Waals surface area contributed by atoms with Gasteiger partial charge in [-0.3, -0.25) is 4.79 Å². The van der Waals surface area contributed by atoms with E-state index in [9.17, 15) is 4.79 Å². The van der Waals surface area contributed by atoms with Crippen molar-refractivity contribution in [1.29, 1.82) is 0 Å². The summed E-state index contributed by atoms with van der Waals surface area (Å²) in [5.41, 5.74) is 3.08. The molecule has 3 nitrogen and oxygen atoms in total. The Bertz CT molecular complexity index is 541. The summed E-state index contributed by atoms with van der Waals surface area (Å²) in [5, 5.41) is 2.59. The molecule has 0 saturated carbocycles. The summed E-state index contributed by atoms with van der Waals surface area (Å²) in [4.78, 5) is 21.4. The summed E-state index contributed by atoms with van der Waals surface area (Å²) in [7, 11) is 0. The zero-order chi connectivity index (χ0) is 13.1. The minimum Gasteiger partial charge on any atom is -0.292 e. The molecule has 2 rings (SSSR count). The van der Waals surface area contributed by atoms with Crippen LogP contribution in [-0.2, 0) is 0 Å². The van der Waals surface area contributed by atoms with Gasteiger partial charge < -0.3 is 0 Å². The summed E-state index contributed by atoms with van der Waals surface area (Å²) < 4.78 is 0. The average molecular weight is 278 g/mol. The molecule has 0 aliphatic rings. The average Bonchev–Trinajstić information content (AvgIpc) is 2.86. The lowest BCUT2D eigenvalue weighted by molar-refractivity contribution is 0.102. The molecule has 0 fully saturated rings. The van der Waals surface area contributed by atoms with Gasteiger partial charge in [0.15, 0.2) is 10.9 Å². The second-order valence-electron chi connectivity index (χ2n) is 3.99. The quantitative estimate of drug-likeness (QED) is 0.488. The van der Waals surface area contributed by atoms with Crippen LogP contribution in [0.4, 0.5) is 0 Å². The van der Waals surface area contributed by atoms with Gasteiger partial charge in [0.1, 0.15) is 0 Å². The molecule has 2 aromatic rings. The summed E-state index contributed by atoms with van der Waals surface area (Å²) in [6.07, 6.45) is 0. The summed E-state index contributed by atoms with van der Waals surface area (Å²) in [5.74, 6) is 0.525. The number of Topliss-reactive ketones (excluding diaryl/α,β-unsaturated/α-hetero) is 1. The first kappa shape index (κ1) is 13.2. The van der Waals surface area contributed by atoms with E-state index in [1.165, 1.54) is 23.1 Å². The fourth-order valence-electron chi connectivity index (χ4n) is 1.44. The Labute approximate surface area is 115 Å². The lowest BCUT2D eigenvalue weighted by atomic mass is 10.2. The van der Waals surface area contributed by atoms with Crippen LogP contribution in [-0.4, -0.2) is 21.5 Å². The number of hydrogen-bond donors (Lipinski definition) is 0. The van der Waals surface area contributed by atoms with Gasteiger partial charge in [-0.15, -0.1) is 11.3 Å². The Morgan fingerprint density at radius 3 is 2.50 bits per heavy atom. The fraction of sp³-hybridized carbons (Fsp3) is 0.308. The van der Waals surface area contributed by atoms with E-state index in [1.807, 2.05) is 38.3 Å². The maximum absolute atomic E-state index is 11.8. The monoisotopic (exact) mass is 278 g/mol. The SMILES string of the molecule is Cc1nc(SCC(=O)c2cccs2)nc(C)c1C. The van der Waals surface area contributed by atoms with Gasteiger partial charge in [-0.05, 0) is 37.8 Å². The van der Waals surface area contributed by atoms with Crippen LogP contribution >= 0.6 is 23.1 Å². The van der Waals surface area contributed by atoms with E-state index < -0.39 is 0 Å². The van der Waals surface area contributed by atoms with E-state index in [0.717, 1.165) is 21.8 Å². The molecule has 0 atom stereocenters. The molecule has 5 heteroatoms. The molecule has 0 amide bonds. The van der Waals surface area contributed by atoms with Crippen molar-refractivity contribution in [3.05, 3.63) is 39.3 Å². The van der Waals surface area contributed by atoms with Crippen molar-refractivity contribution in [3.8, 4) is 0 Å². The smallest absolute Gasteiger partial charge is 0.188 e. The molecule has 0 aliphatic heterocycles. The van der Waals surface area contributed by atoms with E-state index in [4.69, 9.17) is 0 Å². The van der Waals surface area contributed by atoms with Crippen molar-refractivity contribution < 1.29 is 4.79 Å². The van der Waals surface area contributed by atoms with E-state index in [0.29, 0.717) is 10.9 Å². The standard InChI is InChI=1S/C13H14N2OS2/c1-8-9(2)14-13(15-10(8)3)18-7-11(16)12-5-4-6-17-12/h4-6H,7H2,1-3H3. The molecule has 0 bridgehead atoms. The summed E-state index contributed by atoms with van der Waals surface area (Å²) in [6, 6.07) is 3.74. The number of rotatable bonds is 4. The van der Waals surface area contributed by atoms with Crippen LogP contribution in [0.1, 0.15) is 26.6 Å². The molecule has 0 saturated heterocycles. The molecule has 0 N–H and O–H groups in total. The third-order valence-electron chi connectivity index (χ3n) is 2.74. The maximum atomic E-state index is 11.8. The molecule has 0 aromatic carbocycles. The highest BCUT2D eigenvalue weighted by Crippen LogP contribution is 2.19. The topological polar surface area (TPSA) is 42.9 Å². The van der Waals surface area contributed by atoms with Crippen molar-refractivity contribution >= 4 is 28.9 Å². The fourth-order valence-corrected chi connectivity index (χ4v) is 3.02. The van der Waals surface area contributed by atoms with Crippen molar-refractivity contribution in [2.45, 2.75) is 25.9 Å². The van der Waals surface area contributed by atoms with Crippen LogP contribution in [0.5, 0.6) is 0 Å². The summed E-state index contributed by atoms with van der Waals surface area (Å²) in [6.45, 7) is 5.94. The third-order valence-corrected chi connectivity index (χ3v) is 4.50. The number of hydrogen-bond acceptors (Lipinski definition) is 5. The first-order valence-electron chi connectivity index (χ1n) is 5.59. The van der Waals surface area contributed by atoms with Crippen molar-refractivity contribution in [1.82, 2.24) is 9.97 Å². The number of carbonyl (C=O) groups excluding carboxylic acids is 1. The van der Waals surface area contributed by atoms with E-state index >= 15 is 0 Å². The zero-order valence-corrected chi connectivity index (χ0v) is 12.2. The second kappa shape index (κ2) is 5.63.